The quantitative estimate of drug-likeness (QED) is 0.483. The minimum absolute atomic E-state index is 0.0725. The van der Waals surface area contributed by atoms with E-state index in [4.69, 9.17) is 9.47 Å². The number of ether oxygens (including phenoxy) is 2. The number of methoxy groups -OCH3 is 2. The van der Waals surface area contributed by atoms with Gasteiger partial charge in [-0.15, -0.1) is 0 Å². The number of esters is 1. The van der Waals surface area contributed by atoms with Crippen LogP contribution in [0.1, 0.15) is 19.3 Å². The number of carbonyl (C=O) groups excluding carboxylic acids is 1. The van der Waals surface area contributed by atoms with Crippen molar-refractivity contribution in [2.45, 2.75) is 19.3 Å². The van der Waals surface area contributed by atoms with Crippen LogP contribution in [0, 0.1) is 5.41 Å². The highest BCUT2D eigenvalue weighted by Crippen LogP contribution is 2.45. The van der Waals surface area contributed by atoms with Gasteiger partial charge in [0, 0.05) is 20.3 Å². The maximum atomic E-state index is 11.3. The summed E-state index contributed by atoms with van der Waals surface area (Å²) in [4.78, 5) is 11.3. The third-order valence-corrected chi connectivity index (χ3v) is 2.64. The summed E-state index contributed by atoms with van der Waals surface area (Å²) in [5.41, 5.74) is -0.207. The van der Waals surface area contributed by atoms with E-state index in [1.165, 1.54) is 7.11 Å². The maximum Gasteiger partial charge on any atom is 0.313 e. The molecule has 0 atom stereocenters. The highest BCUT2D eigenvalue weighted by atomic mass is 16.5. The molecule has 0 bridgehead atoms. The molecular formula is C10H19NO3. The molecule has 0 saturated heterocycles. The van der Waals surface area contributed by atoms with Crippen molar-refractivity contribution in [1.82, 2.24) is 5.32 Å². The van der Waals surface area contributed by atoms with Crippen molar-refractivity contribution in [3.05, 3.63) is 0 Å². The first-order chi connectivity index (χ1) is 6.75. The zero-order valence-electron chi connectivity index (χ0n) is 8.97. The SMILES string of the molecule is COCCCNCC1(C(=O)OC)CC1. The molecule has 1 aliphatic carbocycles. The predicted molar refractivity (Wildman–Crippen MR) is 53.0 cm³/mol. The van der Waals surface area contributed by atoms with Crippen molar-refractivity contribution in [2.75, 3.05) is 33.9 Å². The van der Waals surface area contributed by atoms with Crippen molar-refractivity contribution in [3.63, 3.8) is 0 Å². The fourth-order valence-corrected chi connectivity index (χ4v) is 1.49. The van der Waals surface area contributed by atoms with Gasteiger partial charge in [0.15, 0.2) is 0 Å². The van der Waals surface area contributed by atoms with Gasteiger partial charge in [-0.25, -0.2) is 0 Å². The fraction of sp³-hybridized carbons (Fsp3) is 0.900. The van der Waals surface area contributed by atoms with E-state index >= 15 is 0 Å². The standard InChI is InChI=1S/C10H19NO3/c1-13-7-3-6-11-8-10(4-5-10)9(12)14-2/h11H,3-8H2,1-2H3. The van der Waals surface area contributed by atoms with Crippen LogP contribution >= 0.6 is 0 Å². The minimum atomic E-state index is -0.207. The number of nitrogens with one attached hydrogen (secondary N) is 1. The Morgan fingerprint density at radius 2 is 2.14 bits per heavy atom. The lowest BCUT2D eigenvalue weighted by Crippen LogP contribution is -2.31. The normalized spacial score (nSPS) is 17.9. The van der Waals surface area contributed by atoms with E-state index in [2.05, 4.69) is 5.32 Å². The molecule has 4 nitrogen and oxygen atoms in total. The molecule has 1 fully saturated rings. The van der Waals surface area contributed by atoms with Gasteiger partial charge in [-0.1, -0.05) is 0 Å². The lowest BCUT2D eigenvalue weighted by Gasteiger charge is -2.13. The van der Waals surface area contributed by atoms with E-state index in [0.717, 1.165) is 39.0 Å². The number of hydrogen-bond donors (Lipinski definition) is 1. The molecule has 0 aliphatic heterocycles. The molecule has 1 saturated carbocycles. The van der Waals surface area contributed by atoms with Crippen LogP contribution in [0.25, 0.3) is 0 Å². The van der Waals surface area contributed by atoms with Crippen LogP contribution in [0.4, 0.5) is 0 Å². The summed E-state index contributed by atoms with van der Waals surface area (Å²) in [7, 11) is 3.14. The van der Waals surface area contributed by atoms with Crippen LogP contribution in [0.3, 0.4) is 0 Å². The van der Waals surface area contributed by atoms with E-state index in [1.54, 1.807) is 7.11 Å². The molecule has 0 unspecified atom stereocenters. The zero-order valence-corrected chi connectivity index (χ0v) is 8.97. The first-order valence-electron chi connectivity index (χ1n) is 5.03. The van der Waals surface area contributed by atoms with E-state index in [0.29, 0.717) is 0 Å². The maximum absolute atomic E-state index is 11.3. The monoisotopic (exact) mass is 201 g/mol. The summed E-state index contributed by atoms with van der Waals surface area (Å²) in [6.45, 7) is 2.40. The van der Waals surface area contributed by atoms with Gasteiger partial charge in [-0.2, -0.15) is 0 Å². The highest BCUT2D eigenvalue weighted by Gasteiger charge is 2.50. The lowest BCUT2D eigenvalue weighted by molar-refractivity contribution is -0.146. The first kappa shape index (κ1) is 11.5. The van der Waals surface area contributed by atoms with Gasteiger partial charge in [0.05, 0.1) is 12.5 Å². The Hall–Kier alpha value is -0.610. The fourth-order valence-electron chi connectivity index (χ4n) is 1.49. The van der Waals surface area contributed by atoms with Crippen LogP contribution in [0.15, 0.2) is 0 Å². The van der Waals surface area contributed by atoms with Gasteiger partial charge in [-0.05, 0) is 25.8 Å². The number of carbonyl (C=O) groups is 1. The van der Waals surface area contributed by atoms with Gasteiger partial charge in [-0.3, -0.25) is 4.79 Å². The molecular weight excluding hydrogens is 182 g/mol. The number of rotatable bonds is 7. The second-order valence-corrected chi connectivity index (χ2v) is 3.80. The highest BCUT2D eigenvalue weighted by molar-refractivity contribution is 5.80. The van der Waals surface area contributed by atoms with Crippen LogP contribution < -0.4 is 5.32 Å². The Morgan fingerprint density at radius 3 is 2.64 bits per heavy atom. The molecule has 0 heterocycles. The summed E-state index contributed by atoms with van der Waals surface area (Å²) >= 11 is 0. The van der Waals surface area contributed by atoms with Crippen molar-refractivity contribution < 1.29 is 14.3 Å². The predicted octanol–water partition coefficient (Wildman–Crippen LogP) is 0.566. The average molecular weight is 201 g/mol. The van der Waals surface area contributed by atoms with E-state index < -0.39 is 0 Å². The first-order valence-corrected chi connectivity index (χ1v) is 5.03. The summed E-state index contributed by atoms with van der Waals surface area (Å²) in [5.74, 6) is -0.0725. The van der Waals surface area contributed by atoms with Crippen molar-refractivity contribution in [1.29, 1.82) is 0 Å². The summed E-state index contributed by atoms with van der Waals surface area (Å²) in [6, 6.07) is 0. The molecule has 0 aromatic heterocycles. The van der Waals surface area contributed by atoms with Crippen molar-refractivity contribution in [2.24, 2.45) is 5.41 Å². The molecule has 14 heavy (non-hydrogen) atoms. The topological polar surface area (TPSA) is 47.6 Å². The van der Waals surface area contributed by atoms with Gasteiger partial charge in [0.1, 0.15) is 0 Å². The van der Waals surface area contributed by atoms with Crippen LogP contribution in [-0.4, -0.2) is 39.9 Å². The molecule has 1 aliphatic rings. The van der Waals surface area contributed by atoms with Gasteiger partial charge >= 0.3 is 5.97 Å². The van der Waals surface area contributed by atoms with Crippen LogP contribution in [-0.2, 0) is 14.3 Å². The van der Waals surface area contributed by atoms with E-state index in [1.807, 2.05) is 0 Å². The summed E-state index contributed by atoms with van der Waals surface area (Å²) < 4.78 is 9.68. The average Bonchev–Trinajstić information content (AvgIpc) is 2.98. The third kappa shape index (κ3) is 2.96. The lowest BCUT2D eigenvalue weighted by atomic mass is 10.1. The Balaban J connectivity index is 2.09. The Morgan fingerprint density at radius 1 is 1.43 bits per heavy atom. The molecule has 4 heteroatoms. The van der Waals surface area contributed by atoms with Crippen molar-refractivity contribution >= 4 is 5.97 Å². The number of hydrogen-bond acceptors (Lipinski definition) is 4. The smallest absolute Gasteiger partial charge is 0.313 e. The van der Waals surface area contributed by atoms with Crippen LogP contribution in [0.5, 0.6) is 0 Å². The third-order valence-electron chi connectivity index (χ3n) is 2.64. The second kappa shape index (κ2) is 5.32. The molecule has 0 aromatic carbocycles. The molecule has 1 N–H and O–H groups in total. The van der Waals surface area contributed by atoms with Crippen molar-refractivity contribution in [3.8, 4) is 0 Å². The van der Waals surface area contributed by atoms with Gasteiger partial charge in [0.2, 0.25) is 0 Å². The minimum Gasteiger partial charge on any atom is -0.469 e. The van der Waals surface area contributed by atoms with Gasteiger partial charge < -0.3 is 14.8 Å². The molecule has 0 amide bonds. The van der Waals surface area contributed by atoms with E-state index in [-0.39, 0.29) is 11.4 Å². The Kier molecular flexibility index (Phi) is 4.35. The molecule has 82 valence electrons. The molecule has 0 aromatic rings. The zero-order chi connectivity index (χ0) is 10.4. The molecule has 0 radical (unpaired) electrons. The summed E-state index contributed by atoms with van der Waals surface area (Å²) in [5, 5.41) is 3.26. The van der Waals surface area contributed by atoms with E-state index in [9.17, 15) is 4.79 Å². The molecule has 0 spiro atoms. The molecule has 1 rings (SSSR count). The Labute approximate surface area is 85.0 Å². The van der Waals surface area contributed by atoms with Crippen LogP contribution in [0.2, 0.25) is 0 Å². The largest absolute Gasteiger partial charge is 0.469 e. The summed E-state index contributed by atoms with van der Waals surface area (Å²) in [6.07, 6.45) is 2.89. The van der Waals surface area contributed by atoms with Gasteiger partial charge in [0.25, 0.3) is 0 Å². The Bertz CT molecular complexity index is 190. The second-order valence-electron chi connectivity index (χ2n) is 3.80.